The van der Waals surface area contributed by atoms with Crippen LogP contribution < -0.4 is 5.56 Å². The van der Waals surface area contributed by atoms with Gasteiger partial charge in [0.05, 0.1) is 29.0 Å². The number of carbonyl (C=O) groups excluding carboxylic acids is 1. The standard InChI is InChI=1S/C20H15N3O3/c1-2-20(26)14-8-16-17-12(7-11-5-3-4-6-15(11)22-17)10-23(16)18(24)13(14)9-21-19(20)25/h3-9,26H,2,10H2,1H3/t20-/m0/s1. The molecule has 0 saturated heterocycles. The number of hydrogen-bond donors (Lipinski definition) is 1. The Bertz CT molecular complexity index is 1210. The summed E-state index contributed by atoms with van der Waals surface area (Å²) in [5, 5.41) is 11.9. The van der Waals surface area contributed by atoms with Crippen molar-refractivity contribution < 1.29 is 9.90 Å². The van der Waals surface area contributed by atoms with Crippen molar-refractivity contribution in [2.24, 2.45) is 4.99 Å². The maximum Gasteiger partial charge on any atom is 0.282 e. The number of aromatic nitrogens is 2. The summed E-state index contributed by atoms with van der Waals surface area (Å²) in [7, 11) is 0. The number of aliphatic hydroxyl groups is 1. The van der Waals surface area contributed by atoms with E-state index in [1.807, 2.05) is 30.3 Å². The normalized spacial score (nSPS) is 20.2. The first-order valence-corrected chi connectivity index (χ1v) is 8.51. The van der Waals surface area contributed by atoms with Crippen LogP contribution in [0.25, 0.3) is 22.3 Å². The van der Waals surface area contributed by atoms with Crippen molar-refractivity contribution in [1.29, 1.82) is 0 Å². The largest absolute Gasteiger partial charge is 0.375 e. The molecule has 0 radical (unpaired) electrons. The molecule has 26 heavy (non-hydrogen) atoms. The third kappa shape index (κ3) is 1.79. The minimum Gasteiger partial charge on any atom is -0.375 e. The monoisotopic (exact) mass is 345 g/mol. The van der Waals surface area contributed by atoms with Gasteiger partial charge in [0, 0.05) is 22.7 Å². The van der Waals surface area contributed by atoms with Gasteiger partial charge in [-0.3, -0.25) is 9.59 Å². The van der Waals surface area contributed by atoms with E-state index in [2.05, 4.69) is 4.99 Å². The van der Waals surface area contributed by atoms with Crippen LogP contribution in [0.2, 0.25) is 0 Å². The number of aliphatic imine (C=N–C) groups is 1. The summed E-state index contributed by atoms with van der Waals surface area (Å²) in [6.07, 6.45) is 1.42. The first kappa shape index (κ1) is 15.2. The second-order valence-electron chi connectivity index (χ2n) is 6.71. The molecule has 128 valence electrons. The first-order chi connectivity index (χ1) is 12.5. The zero-order valence-electron chi connectivity index (χ0n) is 14.1. The number of hydrogen-bond acceptors (Lipinski definition) is 4. The fraction of sp³-hybridized carbons (Fsp3) is 0.200. The molecular formula is C20H15N3O3. The minimum atomic E-state index is -1.77. The van der Waals surface area contributed by atoms with E-state index in [0.717, 1.165) is 22.2 Å². The molecule has 6 heteroatoms. The number of benzene rings is 1. The molecule has 2 aliphatic rings. The van der Waals surface area contributed by atoms with Gasteiger partial charge in [-0.1, -0.05) is 25.1 Å². The van der Waals surface area contributed by atoms with Gasteiger partial charge in [-0.2, -0.15) is 0 Å². The molecule has 5 rings (SSSR count). The number of amides is 1. The number of nitrogens with zero attached hydrogens (tertiary/aromatic N) is 3. The highest BCUT2D eigenvalue weighted by molar-refractivity contribution is 6.02. The van der Waals surface area contributed by atoms with Gasteiger partial charge in [-0.25, -0.2) is 9.98 Å². The molecule has 1 amide bonds. The fourth-order valence-corrected chi connectivity index (χ4v) is 3.84. The topological polar surface area (TPSA) is 84.5 Å². The lowest BCUT2D eigenvalue weighted by Gasteiger charge is -2.28. The molecule has 3 aromatic rings. The molecule has 6 nitrogen and oxygen atoms in total. The van der Waals surface area contributed by atoms with Crippen LogP contribution in [0, 0.1) is 0 Å². The van der Waals surface area contributed by atoms with Crippen molar-refractivity contribution in [2.75, 3.05) is 0 Å². The third-order valence-corrected chi connectivity index (χ3v) is 5.33. The molecule has 0 fully saturated rings. The molecule has 0 unspecified atom stereocenters. The Hall–Kier alpha value is -3.12. The summed E-state index contributed by atoms with van der Waals surface area (Å²) in [6, 6.07) is 11.5. The van der Waals surface area contributed by atoms with E-state index in [-0.39, 0.29) is 17.5 Å². The average Bonchev–Trinajstić information content (AvgIpc) is 3.01. The first-order valence-electron chi connectivity index (χ1n) is 8.51. The highest BCUT2D eigenvalue weighted by Crippen LogP contribution is 2.37. The van der Waals surface area contributed by atoms with Crippen LogP contribution in [-0.4, -0.2) is 26.8 Å². The molecule has 2 aliphatic heterocycles. The predicted octanol–water partition coefficient (Wildman–Crippen LogP) is 1.98. The van der Waals surface area contributed by atoms with Crippen molar-refractivity contribution in [3.05, 3.63) is 63.4 Å². The average molecular weight is 345 g/mol. The number of para-hydroxylation sites is 1. The van der Waals surface area contributed by atoms with Crippen LogP contribution in [-0.2, 0) is 16.9 Å². The molecule has 1 N–H and O–H groups in total. The van der Waals surface area contributed by atoms with Crippen LogP contribution >= 0.6 is 0 Å². The highest BCUT2D eigenvalue weighted by atomic mass is 16.3. The summed E-state index contributed by atoms with van der Waals surface area (Å²) < 4.78 is 1.63. The van der Waals surface area contributed by atoms with Gasteiger partial charge < -0.3 is 9.67 Å². The van der Waals surface area contributed by atoms with Crippen LogP contribution in [0.3, 0.4) is 0 Å². The van der Waals surface area contributed by atoms with Gasteiger partial charge >= 0.3 is 0 Å². The lowest BCUT2D eigenvalue weighted by atomic mass is 9.85. The van der Waals surface area contributed by atoms with E-state index >= 15 is 0 Å². The van der Waals surface area contributed by atoms with E-state index in [0.29, 0.717) is 17.8 Å². The smallest absolute Gasteiger partial charge is 0.282 e. The Balaban J connectivity index is 1.83. The molecule has 0 spiro atoms. The van der Waals surface area contributed by atoms with E-state index in [1.165, 1.54) is 6.21 Å². The SMILES string of the molecule is CC[C@@]1(O)C(=O)N=Cc2c1cc1n(c2=O)Cc2cc3ccccc3nc2-1. The summed E-state index contributed by atoms with van der Waals surface area (Å²) in [5.41, 5.74) is 1.70. The van der Waals surface area contributed by atoms with Crippen LogP contribution in [0.5, 0.6) is 0 Å². The molecule has 4 heterocycles. The van der Waals surface area contributed by atoms with Gasteiger partial charge in [-0.05, 0) is 24.6 Å². The molecular weight excluding hydrogens is 330 g/mol. The molecule has 1 atom stereocenters. The minimum absolute atomic E-state index is 0.150. The summed E-state index contributed by atoms with van der Waals surface area (Å²) >= 11 is 0. The number of fused-ring (bicyclic) bond motifs is 5. The van der Waals surface area contributed by atoms with Gasteiger partial charge in [-0.15, -0.1) is 0 Å². The van der Waals surface area contributed by atoms with Gasteiger partial charge in [0.15, 0.2) is 5.60 Å². The second kappa shape index (κ2) is 4.95. The number of carbonyl (C=O) groups is 1. The molecule has 1 aromatic carbocycles. The summed E-state index contributed by atoms with van der Waals surface area (Å²) in [5.74, 6) is -0.637. The Labute approximate surface area is 148 Å². The van der Waals surface area contributed by atoms with Gasteiger partial charge in [0.25, 0.3) is 11.5 Å². The van der Waals surface area contributed by atoms with Crippen molar-refractivity contribution in [2.45, 2.75) is 25.5 Å². The zero-order chi connectivity index (χ0) is 18.1. The highest BCUT2D eigenvalue weighted by Gasteiger charge is 2.42. The van der Waals surface area contributed by atoms with Crippen molar-refractivity contribution >= 4 is 23.0 Å². The van der Waals surface area contributed by atoms with Crippen LogP contribution in [0.4, 0.5) is 0 Å². The zero-order valence-corrected chi connectivity index (χ0v) is 14.1. The van der Waals surface area contributed by atoms with E-state index in [1.54, 1.807) is 17.6 Å². The Morgan fingerprint density at radius 3 is 2.85 bits per heavy atom. The van der Waals surface area contributed by atoms with Gasteiger partial charge in [0.2, 0.25) is 0 Å². The van der Waals surface area contributed by atoms with E-state index in [4.69, 9.17) is 4.98 Å². The number of pyridine rings is 2. The fourth-order valence-electron chi connectivity index (χ4n) is 3.84. The quantitative estimate of drug-likeness (QED) is 0.572. The lowest BCUT2D eigenvalue weighted by Crippen LogP contribution is -2.41. The van der Waals surface area contributed by atoms with E-state index in [9.17, 15) is 14.7 Å². The Morgan fingerprint density at radius 1 is 1.23 bits per heavy atom. The van der Waals surface area contributed by atoms with Crippen molar-refractivity contribution in [3.63, 3.8) is 0 Å². The predicted molar refractivity (Wildman–Crippen MR) is 97.3 cm³/mol. The summed E-state index contributed by atoms with van der Waals surface area (Å²) in [6.45, 7) is 2.12. The molecule has 0 saturated carbocycles. The van der Waals surface area contributed by atoms with Crippen LogP contribution in [0.15, 0.2) is 46.2 Å². The van der Waals surface area contributed by atoms with Crippen molar-refractivity contribution in [1.82, 2.24) is 9.55 Å². The van der Waals surface area contributed by atoms with Gasteiger partial charge in [0.1, 0.15) is 0 Å². The Morgan fingerprint density at radius 2 is 2.04 bits per heavy atom. The Kier molecular flexibility index (Phi) is 2.89. The molecule has 2 aromatic heterocycles. The summed E-state index contributed by atoms with van der Waals surface area (Å²) in [4.78, 5) is 33.6. The second-order valence-corrected chi connectivity index (χ2v) is 6.71. The lowest BCUT2D eigenvalue weighted by molar-refractivity contribution is -0.137. The van der Waals surface area contributed by atoms with Crippen molar-refractivity contribution in [3.8, 4) is 11.4 Å². The van der Waals surface area contributed by atoms with Crippen LogP contribution in [0.1, 0.15) is 30.0 Å². The number of rotatable bonds is 1. The van der Waals surface area contributed by atoms with E-state index < -0.39 is 11.5 Å². The maximum atomic E-state index is 13.0. The molecule has 0 aliphatic carbocycles. The molecule has 0 bridgehead atoms. The third-order valence-electron chi connectivity index (χ3n) is 5.33. The maximum absolute atomic E-state index is 13.0.